The number of thioether (sulfide) groups is 2. The quantitative estimate of drug-likeness (QED) is 0.0428. The number of aromatic amines is 1. The number of nitrogens with one attached hydrogen (secondary N) is 2. The molecule has 0 aliphatic carbocycles. The van der Waals surface area contributed by atoms with E-state index in [1.165, 1.54) is 6.33 Å². The molecule has 4 atom stereocenters. The van der Waals surface area contributed by atoms with Crippen LogP contribution >= 0.6 is 32.0 Å². The van der Waals surface area contributed by atoms with Gasteiger partial charge in [0.15, 0.2) is 11.2 Å². The van der Waals surface area contributed by atoms with Gasteiger partial charge in [-0.15, -0.1) is 23.5 Å². The number of nitrogens with zero attached hydrogens (tertiary/aromatic N) is 5. The molecule has 1 unspecified atom stereocenters. The van der Waals surface area contributed by atoms with Crippen molar-refractivity contribution in [3.63, 3.8) is 0 Å². The van der Waals surface area contributed by atoms with Crippen LogP contribution in [0.3, 0.4) is 0 Å². The highest BCUT2D eigenvalue weighted by Crippen LogP contribution is 2.51. The number of rotatable bonds is 20. The van der Waals surface area contributed by atoms with Crippen molar-refractivity contribution in [1.82, 2.24) is 24.2 Å². The number of fused-ring (bicyclic) bond motifs is 1. The van der Waals surface area contributed by atoms with Gasteiger partial charge in [0.2, 0.25) is 5.95 Å². The van der Waals surface area contributed by atoms with Crippen molar-refractivity contribution in [3.05, 3.63) is 112 Å². The molecule has 346 valence electrons. The van der Waals surface area contributed by atoms with Gasteiger partial charge in [-0.3, -0.25) is 19.7 Å². The first-order valence-corrected chi connectivity index (χ1v) is 24.8. The van der Waals surface area contributed by atoms with Gasteiger partial charge >= 0.3 is 6.09 Å². The summed E-state index contributed by atoms with van der Waals surface area (Å²) in [7, 11) is 1.54. The molecular formula is C46H56N7O9PS2. The Morgan fingerprint density at radius 2 is 1.60 bits per heavy atom. The number of hydrogen-bond acceptors (Lipinski definition) is 15. The van der Waals surface area contributed by atoms with E-state index in [0.29, 0.717) is 11.5 Å². The van der Waals surface area contributed by atoms with Crippen LogP contribution < -0.4 is 20.3 Å². The Bertz CT molecular complexity index is 2360. The van der Waals surface area contributed by atoms with E-state index in [1.54, 1.807) is 42.3 Å². The topological polar surface area (TPSA) is 184 Å². The van der Waals surface area contributed by atoms with Crippen LogP contribution in [0.15, 0.2) is 90.0 Å². The molecule has 2 fully saturated rings. The molecule has 7 rings (SSSR count). The molecule has 0 saturated carbocycles. The molecule has 2 aliphatic heterocycles. The molecule has 65 heavy (non-hydrogen) atoms. The standard InChI is InChI=1S/C46H56N7O9PS2/c1-30(2)53(31(3)4)63(60-23-10-22-47)62-37-26-39(52-29-48-41-42(52)49-44(50-43(41)54)51-45(55)58-28-40-64-24-11-25-65-40)61-38(37)27-59-46(32-12-8-7-9-13-32,33-14-18-35(56-5)19-15-33)34-16-20-36(57-6)21-17-34/h7-9,12-21,29-31,37-40H,10-11,23-28H2,1-6H3,(H2,49,50,51,54,55)/t37-,38+,39+,63?/m0/s1. The number of hydrogen-bond donors (Lipinski definition) is 2. The zero-order valence-corrected chi connectivity index (χ0v) is 39.9. The van der Waals surface area contributed by atoms with Crippen molar-refractivity contribution in [2.45, 2.75) is 87.7 Å². The van der Waals surface area contributed by atoms with Crippen LogP contribution in [0.1, 0.15) is 69.9 Å². The van der Waals surface area contributed by atoms with E-state index in [1.807, 2.05) is 78.9 Å². The van der Waals surface area contributed by atoms with E-state index in [2.05, 4.69) is 58.7 Å². The summed E-state index contributed by atoms with van der Waals surface area (Å²) in [5.74, 6) is 3.33. The Balaban J connectivity index is 1.26. The lowest BCUT2D eigenvalue weighted by Crippen LogP contribution is -2.39. The molecule has 0 spiro atoms. The van der Waals surface area contributed by atoms with Crippen molar-refractivity contribution in [2.24, 2.45) is 0 Å². The van der Waals surface area contributed by atoms with Gasteiger partial charge in [0.25, 0.3) is 14.1 Å². The van der Waals surface area contributed by atoms with Gasteiger partial charge in [-0.25, -0.2) is 14.4 Å². The molecule has 2 aromatic heterocycles. The normalized spacial score (nSPS) is 18.6. The second-order valence-corrected chi connectivity index (χ2v) is 20.2. The van der Waals surface area contributed by atoms with Crippen LogP contribution in [0.2, 0.25) is 0 Å². The summed E-state index contributed by atoms with van der Waals surface area (Å²) in [6, 6.07) is 27.8. The number of amides is 1. The third kappa shape index (κ3) is 11.5. The predicted octanol–water partition coefficient (Wildman–Crippen LogP) is 8.84. The van der Waals surface area contributed by atoms with Crippen molar-refractivity contribution in [3.8, 4) is 17.6 Å². The fourth-order valence-electron chi connectivity index (χ4n) is 7.93. The van der Waals surface area contributed by atoms with Crippen LogP contribution in [0.25, 0.3) is 11.2 Å². The first-order valence-electron chi connectivity index (χ1n) is 21.6. The van der Waals surface area contributed by atoms with Gasteiger partial charge in [-0.05, 0) is 86.6 Å². The molecule has 0 bridgehead atoms. The molecular weight excluding hydrogens is 890 g/mol. The maximum atomic E-state index is 13.4. The van der Waals surface area contributed by atoms with Crippen molar-refractivity contribution in [1.29, 1.82) is 5.26 Å². The molecule has 2 N–H and O–H groups in total. The van der Waals surface area contributed by atoms with Gasteiger partial charge in [0.1, 0.15) is 36.0 Å². The summed E-state index contributed by atoms with van der Waals surface area (Å²) < 4.78 is 48.3. The first-order chi connectivity index (χ1) is 31.5. The van der Waals surface area contributed by atoms with E-state index in [0.717, 1.165) is 34.6 Å². The zero-order chi connectivity index (χ0) is 45.9. The second-order valence-electron chi connectivity index (χ2n) is 15.9. The highest BCUT2D eigenvalue weighted by Gasteiger charge is 2.45. The average Bonchev–Trinajstić information content (AvgIpc) is 3.93. The van der Waals surface area contributed by atoms with Gasteiger partial charge in [-0.1, -0.05) is 54.6 Å². The number of carbonyl (C=O) groups excluding carboxylic acids is 1. The highest BCUT2D eigenvalue weighted by atomic mass is 32.2. The lowest BCUT2D eigenvalue weighted by Gasteiger charge is -2.39. The van der Waals surface area contributed by atoms with Crippen LogP contribution in [0.4, 0.5) is 10.7 Å². The first kappa shape index (κ1) is 48.2. The Kier molecular flexibility index (Phi) is 16.8. The second kappa shape index (κ2) is 22.7. The highest BCUT2D eigenvalue weighted by molar-refractivity contribution is 8.17. The summed E-state index contributed by atoms with van der Waals surface area (Å²) in [6.07, 6.45) is 0.275. The Hall–Kier alpha value is -4.70. The van der Waals surface area contributed by atoms with Crippen LogP contribution in [-0.2, 0) is 28.9 Å². The number of ether oxygens (including phenoxy) is 5. The van der Waals surface area contributed by atoms with Crippen molar-refractivity contribution in [2.75, 3.05) is 50.9 Å². The Morgan fingerprint density at radius 3 is 2.20 bits per heavy atom. The lowest BCUT2D eigenvalue weighted by atomic mass is 9.80. The molecule has 19 heteroatoms. The molecule has 5 aromatic rings. The van der Waals surface area contributed by atoms with Gasteiger partial charge in [0, 0.05) is 18.5 Å². The van der Waals surface area contributed by atoms with Gasteiger partial charge < -0.3 is 32.7 Å². The van der Waals surface area contributed by atoms with Crippen LogP contribution in [-0.4, -0.2) is 105 Å². The number of anilines is 1. The molecule has 4 heterocycles. The molecule has 0 radical (unpaired) electrons. The molecule has 3 aromatic carbocycles. The monoisotopic (exact) mass is 945 g/mol. The minimum atomic E-state index is -1.72. The number of H-pyrrole nitrogens is 1. The smallest absolute Gasteiger partial charge is 0.414 e. The summed E-state index contributed by atoms with van der Waals surface area (Å²) in [5, 5.41) is 12.0. The average molecular weight is 946 g/mol. The molecule has 2 aliphatic rings. The number of carbonyl (C=O) groups is 1. The number of benzene rings is 3. The number of aromatic nitrogens is 4. The van der Waals surface area contributed by atoms with E-state index in [4.69, 9.17) is 32.7 Å². The Labute approximate surface area is 389 Å². The predicted molar refractivity (Wildman–Crippen MR) is 253 cm³/mol. The number of methoxy groups -OCH3 is 2. The fraction of sp³-hybridized carbons (Fsp3) is 0.457. The van der Waals surface area contributed by atoms with Gasteiger partial charge in [-0.2, -0.15) is 10.2 Å². The summed E-state index contributed by atoms with van der Waals surface area (Å²) in [5.41, 5.74) is 1.10. The molecule has 2 saturated heterocycles. The van der Waals surface area contributed by atoms with E-state index in [-0.39, 0.29) is 66.4 Å². The summed E-state index contributed by atoms with van der Waals surface area (Å²) in [6.45, 7) is 8.74. The fourth-order valence-corrected chi connectivity index (χ4v) is 12.3. The van der Waals surface area contributed by atoms with Crippen molar-refractivity contribution < 1.29 is 37.5 Å². The van der Waals surface area contributed by atoms with Gasteiger partial charge in [0.05, 0.1) is 56.9 Å². The summed E-state index contributed by atoms with van der Waals surface area (Å²) in [4.78, 5) is 38.0. The third-order valence-electron chi connectivity index (χ3n) is 10.9. The minimum absolute atomic E-state index is 0.0235. The van der Waals surface area contributed by atoms with Crippen LogP contribution in [0, 0.1) is 11.3 Å². The van der Waals surface area contributed by atoms with E-state index >= 15 is 0 Å². The van der Waals surface area contributed by atoms with Crippen molar-refractivity contribution >= 4 is 55.3 Å². The zero-order valence-electron chi connectivity index (χ0n) is 37.4. The molecule has 1 amide bonds. The number of nitriles is 1. The lowest BCUT2D eigenvalue weighted by molar-refractivity contribution is -0.0912. The number of imidazole rings is 1. The maximum absolute atomic E-state index is 13.4. The summed E-state index contributed by atoms with van der Waals surface area (Å²) >= 11 is 3.52. The largest absolute Gasteiger partial charge is 0.497 e. The van der Waals surface area contributed by atoms with Crippen LogP contribution in [0.5, 0.6) is 11.5 Å². The Morgan fingerprint density at radius 1 is 0.969 bits per heavy atom. The van der Waals surface area contributed by atoms with E-state index in [9.17, 15) is 14.9 Å². The molecule has 16 nitrogen and oxygen atoms in total. The third-order valence-corrected chi connectivity index (χ3v) is 16.0. The maximum Gasteiger partial charge on any atom is 0.414 e. The van der Waals surface area contributed by atoms with E-state index < -0.39 is 44.2 Å². The minimum Gasteiger partial charge on any atom is -0.497 e. The SMILES string of the molecule is COc1ccc(C(OC[C@H]2O[C@@H](n3cnc4c(=O)[nH]c(NC(=O)OCC5SCCCS5)nc43)C[C@@H]2OP(OCCC#N)N(C(C)C)C(C)C)(c2ccccc2)c2ccc(OC)cc2)cc1.